The molecule has 1 aromatic carbocycles. The molecule has 1 aliphatic heterocycles. The maximum Gasteiger partial charge on any atom is 0.0519 e. The first-order chi connectivity index (χ1) is 9.25. The lowest BCUT2D eigenvalue weighted by Crippen LogP contribution is -2.31. The normalized spacial score (nSPS) is 24.5. The molecule has 2 nitrogen and oxygen atoms in total. The molecular weight excluding hydrogens is 232 g/mol. The number of benzene rings is 1. The number of nitrogens with one attached hydrogen (secondary N) is 1. The van der Waals surface area contributed by atoms with Gasteiger partial charge in [0.1, 0.15) is 0 Å². The minimum absolute atomic E-state index is 0.474. The van der Waals surface area contributed by atoms with Gasteiger partial charge in [0, 0.05) is 30.4 Å². The molecule has 1 N–H and O–H groups in total. The Morgan fingerprint density at radius 1 is 1.21 bits per heavy atom. The molecule has 0 fully saturated rings. The lowest BCUT2D eigenvalue weighted by atomic mass is 9.83. The van der Waals surface area contributed by atoms with Crippen molar-refractivity contribution in [2.24, 2.45) is 0 Å². The summed E-state index contributed by atoms with van der Waals surface area (Å²) < 4.78 is 2.54. The van der Waals surface area contributed by atoms with Crippen molar-refractivity contribution in [3.63, 3.8) is 0 Å². The molecule has 2 aromatic rings. The molecule has 2 heterocycles. The highest BCUT2D eigenvalue weighted by Crippen LogP contribution is 2.42. The van der Waals surface area contributed by atoms with E-state index < -0.39 is 0 Å². The molecule has 0 saturated carbocycles. The van der Waals surface area contributed by atoms with Crippen molar-refractivity contribution in [2.45, 2.75) is 38.8 Å². The number of aromatic nitrogens is 1. The zero-order valence-electron chi connectivity index (χ0n) is 11.6. The van der Waals surface area contributed by atoms with E-state index in [2.05, 4.69) is 54.1 Å². The molecule has 1 aliphatic carbocycles. The molecule has 0 spiro atoms. The first-order valence-corrected chi connectivity index (χ1v) is 7.30. The Morgan fingerprint density at radius 3 is 2.95 bits per heavy atom. The minimum Gasteiger partial charge on any atom is -0.342 e. The van der Waals surface area contributed by atoms with E-state index in [-0.39, 0.29) is 0 Å². The van der Waals surface area contributed by atoms with Gasteiger partial charge in [-0.1, -0.05) is 31.2 Å². The average Bonchev–Trinajstić information content (AvgIpc) is 2.79. The summed E-state index contributed by atoms with van der Waals surface area (Å²) in [5, 5.41) is 3.56. The largest absolute Gasteiger partial charge is 0.342 e. The molecule has 4 rings (SSSR count). The van der Waals surface area contributed by atoms with Crippen molar-refractivity contribution in [3.8, 4) is 11.3 Å². The van der Waals surface area contributed by atoms with Crippen LogP contribution in [0.4, 0.5) is 0 Å². The van der Waals surface area contributed by atoms with E-state index in [1.807, 2.05) is 0 Å². The topological polar surface area (TPSA) is 17.0 Å². The number of nitrogens with zero attached hydrogens (tertiary/aromatic N) is 1. The molecule has 1 aromatic heterocycles. The van der Waals surface area contributed by atoms with E-state index in [1.165, 1.54) is 34.5 Å². The summed E-state index contributed by atoms with van der Waals surface area (Å²) in [5.74, 6) is 0.636. The van der Waals surface area contributed by atoms with E-state index in [9.17, 15) is 0 Å². The number of hydrogen-bond acceptors (Lipinski definition) is 1. The quantitative estimate of drug-likeness (QED) is 0.759. The number of fused-ring (bicyclic) bond motifs is 5. The van der Waals surface area contributed by atoms with Crippen LogP contribution in [0.5, 0.6) is 0 Å². The lowest BCUT2D eigenvalue weighted by molar-refractivity contribution is 0.450. The summed E-state index contributed by atoms with van der Waals surface area (Å²) in [4.78, 5) is 0. The SMILES string of the molecule is CC1Cc2cc3n(c2-c2ccccc21)CCNC3C. The van der Waals surface area contributed by atoms with Gasteiger partial charge < -0.3 is 9.88 Å². The van der Waals surface area contributed by atoms with Crippen molar-refractivity contribution in [1.29, 1.82) is 0 Å². The Morgan fingerprint density at radius 2 is 2.05 bits per heavy atom. The van der Waals surface area contributed by atoms with Crippen molar-refractivity contribution in [1.82, 2.24) is 9.88 Å². The molecule has 0 saturated heterocycles. The molecule has 0 radical (unpaired) electrons. The van der Waals surface area contributed by atoms with E-state index in [0.29, 0.717) is 12.0 Å². The summed E-state index contributed by atoms with van der Waals surface area (Å²) >= 11 is 0. The molecule has 2 atom stereocenters. The maximum absolute atomic E-state index is 3.56. The van der Waals surface area contributed by atoms with Gasteiger partial charge in [-0.3, -0.25) is 0 Å². The van der Waals surface area contributed by atoms with Gasteiger partial charge in [0.25, 0.3) is 0 Å². The number of hydrogen-bond donors (Lipinski definition) is 1. The van der Waals surface area contributed by atoms with Crippen molar-refractivity contribution in [3.05, 3.63) is 47.2 Å². The van der Waals surface area contributed by atoms with Crippen LogP contribution in [0.15, 0.2) is 30.3 Å². The molecule has 2 aliphatic rings. The molecule has 0 bridgehead atoms. The van der Waals surface area contributed by atoms with Crippen LogP contribution < -0.4 is 5.32 Å². The van der Waals surface area contributed by atoms with Gasteiger partial charge in [0.05, 0.1) is 5.69 Å². The highest BCUT2D eigenvalue weighted by atomic mass is 15.1. The maximum atomic E-state index is 3.56. The third kappa shape index (κ3) is 1.53. The van der Waals surface area contributed by atoms with Crippen molar-refractivity contribution >= 4 is 0 Å². The van der Waals surface area contributed by atoms with Crippen LogP contribution in [0.25, 0.3) is 11.3 Å². The highest BCUT2D eigenvalue weighted by Gasteiger charge is 2.28. The van der Waals surface area contributed by atoms with Gasteiger partial charge in [-0.15, -0.1) is 0 Å². The van der Waals surface area contributed by atoms with E-state index in [0.717, 1.165) is 13.1 Å². The second kappa shape index (κ2) is 3.97. The number of rotatable bonds is 0. The first-order valence-electron chi connectivity index (χ1n) is 7.30. The molecule has 2 unspecified atom stereocenters. The Balaban J connectivity index is 1.99. The van der Waals surface area contributed by atoms with Gasteiger partial charge in [-0.2, -0.15) is 0 Å². The monoisotopic (exact) mass is 252 g/mol. The predicted molar refractivity (Wildman–Crippen MR) is 78.4 cm³/mol. The highest BCUT2D eigenvalue weighted by molar-refractivity contribution is 5.72. The standard InChI is InChI=1S/C17H20N2/c1-11-9-13-10-16-12(2)18-7-8-19(16)17(13)15-6-4-3-5-14(11)15/h3-6,10-12,18H,7-9H2,1-2H3. The first kappa shape index (κ1) is 11.3. The van der Waals surface area contributed by atoms with Gasteiger partial charge in [-0.25, -0.2) is 0 Å². The van der Waals surface area contributed by atoms with Crippen LogP contribution >= 0.6 is 0 Å². The fourth-order valence-electron chi connectivity index (χ4n) is 3.78. The molecule has 0 amide bonds. The van der Waals surface area contributed by atoms with Crippen LogP contribution in [0.3, 0.4) is 0 Å². The Bertz CT molecular complexity index is 639. The molecule has 2 heteroatoms. The lowest BCUT2D eigenvalue weighted by Gasteiger charge is -2.28. The van der Waals surface area contributed by atoms with E-state index in [4.69, 9.17) is 0 Å². The van der Waals surface area contributed by atoms with Gasteiger partial charge in [0.15, 0.2) is 0 Å². The fourth-order valence-corrected chi connectivity index (χ4v) is 3.78. The summed E-state index contributed by atoms with van der Waals surface area (Å²) in [7, 11) is 0. The molecule has 98 valence electrons. The second-order valence-electron chi connectivity index (χ2n) is 5.96. The van der Waals surface area contributed by atoms with Crippen LogP contribution in [0.1, 0.15) is 42.6 Å². The van der Waals surface area contributed by atoms with Gasteiger partial charge >= 0.3 is 0 Å². The summed E-state index contributed by atoms with van der Waals surface area (Å²) in [6, 6.07) is 11.8. The zero-order chi connectivity index (χ0) is 13.0. The smallest absolute Gasteiger partial charge is 0.0519 e. The predicted octanol–water partition coefficient (Wildman–Crippen LogP) is 3.48. The van der Waals surface area contributed by atoms with E-state index in [1.54, 1.807) is 0 Å². The zero-order valence-corrected chi connectivity index (χ0v) is 11.6. The van der Waals surface area contributed by atoms with Crippen LogP contribution in [0, 0.1) is 0 Å². The van der Waals surface area contributed by atoms with Crippen LogP contribution in [0.2, 0.25) is 0 Å². The summed E-state index contributed by atoms with van der Waals surface area (Å²) in [6.07, 6.45) is 1.18. The summed E-state index contributed by atoms with van der Waals surface area (Å²) in [6.45, 7) is 6.79. The Kier molecular flexibility index (Phi) is 2.36. The van der Waals surface area contributed by atoms with Gasteiger partial charge in [-0.05, 0) is 36.5 Å². The fraction of sp³-hybridized carbons (Fsp3) is 0.412. The Labute approximate surface area is 114 Å². The van der Waals surface area contributed by atoms with Gasteiger partial charge in [0.2, 0.25) is 0 Å². The second-order valence-corrected chi connectivity index (χ2v) is 5.96. The van der Waals surface area contributed by atoms with Crippen molar-refractivity contribution < 1.29 is 0 Å². The molecule has 19 heavy (non-hydrogen) atoms. The van der Waals surface area contributed by atoms with Crippen molar-refractivity contribution in [2.75, 3.05) is 6.54 Å². The van der Waals surface area contributed by atoms with Crippen LogP contribution in [-0.4, -0.2) is 11.1 Å². The molecular formula is C17H20N2. The Hall–Kier alpha value is -1.54. The third-order valence-corrected chi connectivity index (χ3v) is 4.71. The third-order valence-electron chi connectivity index (χ3n) is 4.71. The van der Waals surface area contributed by atoms with Crippen LogP contribution in [-0.2, 0) is 13.0 Å². The van der Waals surface area contributed by atoms with E-state index >= 15 is 0 Å². The minimum atomic E-state index is 0.474. The average molecular weight is 252 g/mol. The summed E-state index contributed by atoms with van der Waals surface area (Å²) in [5.41, 5.74) is 7.45.